The Morgan fingerprint density at radius 1 is 0.944 bits per heavy atom. The van der Waals surface area contributed by atoms with Gasteiger partial charge in [0.1, 0.15) is 12.1 Å². The van der Waals surface area contributed by atoms with E-state index < -0.39 is 24.0 Å². The van der Waals surface area contributed by atoms with Crippen LogP contribution in [0.1, 0.15) is 13.8 Å². The molecule has 0 saturated carbocycles. The maximum Gasteiger partial charge on any atom is 0.323 e. The van der Waals surface area contributed by atoms with E-state index in [1.54, 1.807) is 13.8 Å². The molecular formula is C10H20N2O4S2. The summed E-state index contributed by atoms with van der Waals surface area (Å²) in [4.78, 5) is 22.4. The fourth-order valence-corrected chi connectivity index (χ4v) is 3.09. The Labute approximate surface area is 115 Å². The van der Waals surface area contributed by atoms with Crippen LogP contribution in [-0.2, 0) is 19.1 Å². The number of carbonyl (C=O) groups is 2. The van der Waals surface area contributed by atoms with E-state index in [0.29, 0.717) is 24.7 Å². The number of rotatable bonds is 9. The molecule has 0 aromatic heterocycles. The van der Waals surface area contributed by atoms with E-state index in [-0.39, 0.29) is 0 Å². The lowest BCUT2D eigenvalue weighted by Crippen LogP contribution is -2.35. The Kier molecular flexibility index (Phi) is 10.2. The van der Waals surface area contributed by atoms with Crippen LogP contribution in [0.5, 0.6) is 0 Å². The minimum atomic E-state index is -0.652. The van der Waals surface area contributed by atoms with Crippen LogP contribution in [-0.4, -0.2) is 48.7 Å². The van der Waals surface area contributed by atoms with Crippen molar-refractivity contribution >= 4 is 33.5 Å². The molecule has 0 aliphatic heterocycles. The Morgan fingerprint density at radius 3 is 1.56 bits per heavy atom. The molecule has 2 atom stereocenters. The molecule has 0 amide bonds. The van der Waals surface area contributed by atoms with Crippen molar-refractivity contribution in [2.75, 3.05) is 24.7 Å². The van der Waals surface area contributed by atoms with E-state index in [9.17, 15) is 9.59 Å². The third kappa shape index (κ3) is 7.80. The molecule has 106 valence electrons. The highest BCUT2D eigenvalue weighted by Crippen LogP contribution is 2.22. The number of esters is 2. The molecule has 2 unspecified atom stereocenters. The Morgan fingerprint density at radius 2 is 1.28 bits per heavy atom. The monoisotopic (exact) mass is 296 g/mol. The first-order valence-electron chi connectivity index (χ1n) is 5.61. The van der Waals surface area contributed by atoms with E-state index in [0.717, 1.165) is 0 Å². The zero-order valence-electron chi connectivity index (χ0n) is 10.6. The van der Waals surface area contributed by atoms with Gasteiger partial charge in [-0.05, 0) is 13.8 Å². The fourth-order valence-electron chi connectivity index (χ4n) is 0.878. The van der Waals surface area contributed by atoms with E-state index in [1.807, 2.05) is 0 Å². The standard InChI is InChI=1S/C10H20N2O4S2/c1-3-15-9(13)7(11)5-17-18-6-8(12)10(14)16-4-2/h7-8H,3-6,11-12H2,1-2H3. The molecule has 0 aromatic rings. The fraction of sp³-hybridized carbons (Fsp3) is 0.800. The van der Waals surface area contributed by atoms with Crippen LogP contribution in [0.4, 0.5) is 0 Å². The zero-order valence-corrected chi connectivity index (χ0v) is 12.2. The second-order valence-electron chi connectivity index (χ2n) is 3.29. The molecule has 0 radical (unpaired) electrons. The van der Waals surface area contributed by atoms with Gasteiger partial charge in [0, 0.05) is 11.5 Å². The molecule has 0 saturated heterocycles. The molecule has 0 aliphatic rings. The predicted molar refractivity (Wildman–Crippen MR) is 74.1 cm³/mol. The zero-order chi connectivity index (χ0) is 14.0. The van der Waals surface area contributed by atoms with Gasteiger partial charge in [0.2, 0.25) is 0 Å². The summed E-state index contributed by atoms with van der Waals surface area (Å²) in [6.45, 7) is 4.09. The highest BCUT2D eigenvalue weighted by atomic mass is 33.1. The van der Waals surface area contributed by atoms with Gasteiger partial charge in [0.05, 0.1) is 13.2 Å². The third-order valence-electron chi connectivity index (χ3n) is 1.76. The maximum absolute atomic E-state index is 11.2. The molecule has 8 heteroatoms. The minimum Gasteiger partial charge on any atom is -0.465 e. The van der Waals surface area contributed by atoms with E-state index in [2.05, 4.69) is 0 Å². The molecule has 18 heavy (non-hydrogen) atoms. The van der Waals surface area contributed by atoms with Crippen molar-refractivity contribution in [3.05, 3.63) is 0 Å². The van der Waals surface area contributed by atoms with E-state index >= 15 is 0 Å². The lowest BCUT2D eigenvalue weighted by molar-refractivity contribution is -0.144. The first-order chi connectivity index (χ1) is 8.52. The summed E-state index contributed by atoms with van der Waals surface area (Å²) in [7, 11) is 2.76. The molecule has 0 bridgehead atoms. The molecule has 0 spiro atoms. The lowest BCUT2D eigenvalue weighted by Gasteiger charge is -2.11. The summed E-state index contributed by atoms with van der Waals surface area (Å²) in [6.07, 6.45) is 0. The topological polar surface area (TPSA) is 105 Å². The average molecular weight is 296 g/mol. The van der Waals surface area contributed by atoms with Crippen molar-refractivity contribution in [2.24, 2.45) is 11.5 Å². The number of nitrogens with two attached hydrogens (primary N) is 2. The van der Waals surface area contributed by atoms with Gasteiger partial charge in [-0.2, -0.15) is 0 Å². The quantitative estimate of drug-likeness (QED) is 0.352. The normalized spacial score (nSPS) is 13.8. The van der Waals surface area contributed by atoms with Crippen molar-refractivity contribution < 1.29 is 19.1 Å². The van der Waals surface area contributed by atoms with Crippen molar-refractivity contribution in [1.29, 1.82) is 0 Å². The Hall–Kier alpha value is -0.440. The van der Waals surface area contributed by atoms with Crippen LogP contribution in [0, 0.1) is 0 Å². The molecule has 0 rings (SSSR count). The molecule has 0 aromatic carbocycles. The van der Waals surface area contributed by atoms with Crippen molar-refractivity contribution in [3.8, 4) is 0 Å². The van der Waals surface area contributed by atoms with Gasteiger partial charge in [-0.3, -0.25) is 9.59 Å². The number of carbonyl (C=O) groups excluding carboxylic acids is 2. The Balaban J connectivity index is 3.66. The summed E-state index contributed by atoms with van der Waals surface area (Å²) in [6, 6.07) is -1.30. The second-order valence-corrected chi connectivity index (χ2v) is 5.84. The number of hydrogen-bond acceptors (Lipinski definition) is 8. The molecular weight excluding hydrogens is 276 g/mol. The predicted octanol–water partition coefficient (Wildman–Crippen LogP) is 0.149. The van der Waals surface area contributed by atoms with Crippen molar-refractivity contribution in [1.82, 2.24) is 0 Å². The van der Waals surface area contributed by atoms with Gasteiger partial charge in [0.15, 0.2) is 0 Å². The smallest absolute Gasteiger partial charge is 0.323 e. The third-order valence-corrected chi connectivity index (χ3v) is 4.23. The summed E-state index contributed by atoms with van der Waals surface area (Å²) in [5.41, 5.74) is 11.2. The Bertz CT molecular complexity index is 240. The highest BCUT2D eigenvalue weighted by Gasteiger charge is 2.17. The number of hydrogen-bond donors (Lipinski definition) is 2. The SMILES string of the molecule is CCOC(=O)C(N)CSSCC(N)C(=O)OCC. The highest BCUT2D eigenvalue weighted by molar-refractivity contribution is 8.76. The average Bonchev–Trinajstić information content (AvgIpc) is 2.34. The van der Waals surface area contributed by atoms with Crippen LogP contribution in [0.2, 0.25) is 0 Å². The van der Waals surface area contributed by atoms with Crippen LogP contribution in [0.15, 0.2) is 0 Å². The summed E-state index contributed by atoms with van der Waals surface area (Å²) in [5.74, 6) is -0.00135. The summed E-state index contributed by atoms with van der Waals surface area (Å²) < 4.78 is 9.53. The molecule has 0 heterocycles. The second kappa shape index (κ2) is 10.5. The summed E-state index contributed by atoms with van der Waals surface area (Å²) in [5, 5.41) is 0. The molecule has 6 nitrogen and oxygen atoms in total. The van der Waals surface area contributed by atoms with Gasteiger partial charge in [-0.1, -0.05) is 21.6 Å². The van der Waals surface area contributed by atoms with E-state index in [1.165, 1.54) is 21.6 Å². The van der Waals surface area contributed by atoms with Crippen LogP contribution < -0.4 is 11.5 Å². The van der Waals surface area contributed by atoms with Crippen LogP contribution in [0.25, 0.3) is 0 Å². The number of ether oxygens (including phenoxy) is 2. The van der Waals surface area contributed by atoms with Crippen molar-refractivity contribution in [3.63, 3.8) is 0 Å². The van der Waals surface area contributed by atoms with Gasteiger partial charge < -0.3 is 20.9 Å². The van der Waals surface area contributed by atoms with Crippen molar-refractivity contribution in [2.45, 2.75) is 25.9 Å². The molecule has 4 N–H and O–H groups in total. The van der Waals surface area contributed by atoms with E-state index in [4.69, 9.17) is 20.9 Å². The van der Waals surface area contributed by atoms with Gasteiger partial charge in [-0.25, -0.2) is 0 Å². The summed E-state index contributed by atoms with van der Waals surface area (Å²) >= 11 is 0. The van der Waals surface area contributed by atoms with Crippen LogP contribution in [0.3, 0.4) is 0 Å². The van der Waals surface area contributed by atoms with Gasteiger partial charge in [0.25, 0.3) is 0 Å². The largest absolute Gasteiger partial charge is 0.465 e. The maximum atomic E-state index is 11.2. The first-order valence-corrected chi connectivity index (χ1v) is 8.10. The minimum absolute atomic E-state index is 0.318. The van der Waals surface area contributed by atoms with Gasteiger partial charge >= 0.3 is 11.9 Å². The molecule has 0 aliphatic carbocycles. The molecule has 0 fully saturated rings. The van der Waals surface area contributed by atoms with Gasteiger partial charge in [-0.15, -0.1) is 0 Å². The van der Waals surface area contributed by atoms with Crippen LogP contribution >= 0.6 is 21.6 Å². The lowest BCUT2D eigenvalue weighted by atomic mass is 10.4. The first kappa shape index (κ1) is 17.6.